The lowest BCUT2D eigenvalue weighted by Crippen LogP contribution is -3.00. The van der Waals surface area contributed by atoms with Crippen LogP contribution in [0.2, 0.25) is 0 Å². The topological polar surface area (TPSA) is 0 Å². The van der Waals surface area contributed by atoms with Crippen LogP contribution in [-0.2, 0) is 0 Å². The zero-order valence-electron chi connectivity index (χ0n) is 57.2. The lowest BCUT2D eigenvalue weighted by molar-refractivity contribution is -0.565. The Morgan fingerprint density at radius 3 is 1.10 bits per heavy atom. The molecule has 0 aromatic carbocycles. The number of rotatable bonds is 0. The standard InChI is InChI=1S/C11H14.2C11H18.C10H16.C10H14.C9H14.C8H8.2C7H10.C6H8/c1-4-5-2-9-8(1)10-6(4)3-7(5)11(9)10;1-3-9-7-10-4-2-6-11(10,5-1)8-9;1-2-4-10-9-5-6-11(10)8(3-1)7-9;1-7-2-9-4-8(1)5-10(3-7)6-9;1-2-9-7-4-5-8(6-7)10(9)3-1;1-6-2-8-4-7(1)5-9(8)3-6;1-2-5-3(1)7-4(1)6(2)8(5)7;1-4-2-6-5(1)7(6)3-4;1-2-4-6-5(3-1)7(4)6;1-2-4-5-3(1)6(4)5/h4-11H,1-3H2;9-10H,1-8H2;8-11H,1-7H2;7-10H,1-6H2;1-2,7-10H,3-6H2;6-9H,1-5H2;1-8H;2*4-7H,1-3H2;3-6H,1-2H2. The van der Waals surface area contributed by atoms with Gasteiger partial charge in [0.2, 0.25) is 0 Å². The maximum atomic E-state index is 2.49. The molecule has 0 aromatic heterocycles. The molecular weight excluding hydrogens is 1080 g/mol. The number of fused-ring (bicyclic) bond motifs is 11. The highest BCUT2D eigenvalue weighted by Crippen LogP contribution is 3.01. The molecule has 0 radical (unpaired) electrons. The largest absolute Gasteiger partial charge is 0.0879 e. The molecule has 1 spiro atoms. The fourth-order valence-electron chi connectivity index (χ4n) is 39.6. The third kappa shape index (κ3) is 7.70. The van der Waals surface area contributed by atoms with Crippen molar-refractivity contribution in [3.63, 3.8) is 0 Å². The van der Waals surface area contributed by atoms with Crippen LogP contribution in [0.1, 0.15) is 263 Å². The van der Waals surface area contributed by atoms with Crippen molar-refractivity contribution in [2.24, 2.45) is 278 Å². The highest BCUT2D eigenvalue weighted by atomic mass is 15.0. The molecule has 39 fully saturated rings. The molecule has 0 aliphatic heterocycles. The van der Waals surface area contributed by atoms with Crippen molar-refractivity contribution in [1.82, 2.24) is 0 Å². The molecule has 26 bridgehead atoms. The van der Waals surface area contributed by atoms with Gasteiger partial charge in [0.15, 0.2) is 0 Å². The van der Waals surface area contributed by atoms with Crippen molar-refractivity contribution in [2.75, 3.05) is 0 Å². The zero-order valence-corrected chi connectivity index (χ0v) is 57.2. The second-order valence-electron chi connectivity index (χ2n) is 44.1. The molecule has 490 valence electrons. The number of hydrogen-bond donors (Lipinski definition) is 0. The van der Waals surface area contributed by atoms with Gasteiger partial charge in [-0.25, -0.2) is 0 Å². The summed E-state index contributed by atoms with van der Waals surface area (Å²) < 4.78 is 0. The van der Waals surface area contributed by atoms with Gasteiger partial charge in [-0.15, -0.1) is 0 Å². The van der Waals surface area contributed by atoms with Crippen LogP contribution >= 0.6 is 0 Å². The molecule has 90 heavy (non-hydrogen) atoms. The lowest BCUT2D eigenvalue weighted by atomic mass is 9.01. The Bertz CT molecular complexity index is 2510. The van der Waals surface area contributed by atoms with Crippen molar-refractivity contribution < 1.29 is 0 Å². The van der Waals surface area contributed by atoms with E-state index in [1.165, 1.54) is 255 Å². The molecule has 40 aliphatic rings. The third-order valence-electron chi connectivity index (χ3n) is 42.2. The molecule has 0 nitrogen and oxygen atoms in total. The molecule has 0 N–H and O–H groups in total. The Balaban J connectivity index is 0.0000000620. The normalized spacial score (nSPS) is 68.6. The predicted octanol–water partition coefficient (Wildman–Crippen LogP) is 22.2. The average molecular weight is 1210 g/mol. The van der Waals surface area contributed by atoms with Crippen LogP contribution in [0.3, 0.4) is 0 Å². The summed E-state index contributed by atoms with van der Waals surface area (Å²) >= 11 is 0. The Kier molecular flexibility index (Phi) is 11.9. The molecule has 0 aromatic rings. The van der Waals surface area contributed by atoms with Gasteiger partial charge in [0.1, 0.15) is 0 Å². The average Bonchev–Trinajstić information content (AvgIpc) is 0.899. The summed E-state index contributed by atoms with van der Waals surface area (Å²) in [7, 11) is 0. The Morgan fingerprint density at radius 2 is 0.600 bits per heavy atom. The molecule has 40 rings (SSSR count). The summed E-state index contributed by atoms with van der Waals surface area (Å²) in [5.74, 6) is 57.0. The third-order valence-corrected chi connectivity index (χ3v) is 42.2. The van der Waals surface area contributed by atoms with E-state index in [1.807, 2.05) is 0 Å². The van der Waals surface area contributed by atoms with Crippen LogP contribution in [0.5, 0.6) is 0 Å². The van der Waals surface area contributed by atoms with Crippen LogP contribution < -0.4 is 0 Å². The van der Waals surface area contributed by atoms with Crippen molar-refractivity contribution >= 4 is 0 Å². The summed E-state index contributed by atoms with van der Waals surface area (Å²) in [5, 5.41) is 0. The number of hydrogen-bond acceptors (Lipinski definition) is 0. The second kappa shape index (κ2) is 19.6. The summed E-state index contributed by atoms with van der Waals surface area (Å²) in [6, 6.07) is 0. The Labute approximate surface area is 549 Å². The predicted molar refractivity (Wildman–Crippen MR) is 361 cm³/mol. The molecule has 19 unspecified atom stereocenters. The van der Waals surface area contributed by atoms with E-state index in [0.717, 1.165) is 35.0 Å². The van der Waals surface area contributed by atoms with E-state index in [4.69, 9.17) is 0 Å². The van der Waals surface area contributed by atoms with Gasteiger partial charge in [-0.3, -0.25) is 0 Å². The van der Waals surface area contributed by atoms with E-state index in [2.05, 4.69) is 12.2 Å². The fraction of sp³-hybridized carbons (Fsp3) is 0.978. The zero-order chi connectivity index (χ0) is 57.5. The molecule has 40 aliphatic carbocycles. The van der Waals surface area contributed by atoms with Crippen LogP contribution in [0, 0.1) is 278 Å². The first-order valence-corrected chi connectivity index (χ1v) is 44.1. The van der Waals surface area contributed by atoms with Crippen LogP contribution in [0.25, 0.3) is 0 Å². The molecule has 0 heteroatoms. The first-order valence-electron chi connectivity index (χ1n) is 44.1. The van der Waals surface area contributed by atoms with Crippen LogP contribution in [0.4, 0.5) is 0 Å². The Hall–Kier alpha value is -0.260. The molecule has 0 amide bonds. The van der Waals surface area contributed by atoms with Crippen molar-refractivity contribution in [1.29, 1.82) is 0 Å². The summed E-state index contributed by atoms with van der Waals surface area (Å²) in [4.78, 5) is 0. The minimum atomic E-state index is 0.906. The minimum absolute atomic E-state index is 0.906. The van der Waals surface area contributed by atoms with E-state index in [-0.39, 0.29) is 0 Å². The van der Waals surface area contributed by atoms with E-state index in [1.54, 1.807) is 250 Å². The quantitative estimate of drug-likeness (QED) is 0.212. The summed E-state index contributed by atoms with van der Waals surface area (Å²) in [6.45, 7) is 0. The van der Waals surface area contributed by atoms with Gasteiger partial charge in [0.25, 0.3) is 0 Å². The molecule has 19 atom stereocenters. The van der Waals surface area contributed by atoms with E-state index >= 15 is 0 Å². The highest BCUT2D eigenvalue weighted by molar-refractivity contribution is 5.44. The van der Waals surface area contributed by atoms with E-state index in [9.17, 15) is 0 Å². The first-order chi connectivity index (χ1) is 44.5. The summed E-state index contributed by atoms with van der Waals surface area (Å²) in [5.41, 5.74) is 0.906. The fourth-order valence-corrected chi connectivity index (χ4v) is 39.6. The monoisotopic (exact) mass is 1210 g/mol. The van der Waals surface area contributed by atoms with Gasteiger partial charge >= 0.3 is 0 Å². The van der Waals surface area contributed by atoms with Gasteiger partial charge in [-0.05, 0) is 496 Å². The van der Waals surface area contributed by atoms with Gasteiger partial charge in [0, 0.05) is 0 Å². The number of allylic oxidation sites excluding steroid dienone is 2. The van der Waals surface area contributed by atoms with Crippen LogP contribution in [0.15, 0.2) is 12.2 Å². The van der Waals surface area contributed by atoms with E-state index < -0.39 is 0 Å². The smallest absolute Gasteiger partial charge is 0.0171 e. The maximum absolute atomic E-state index is 2.49. The second-order valence-corrected chi connectivity index (χ2v) is 44.1. The molecule has 0 heterocycles. The Morgan fingerprint density at radius 1 is 0.211 bits per heavy atom. The molecule has 0 saturated heterocycles. The first kappa shape index (κ1) is 54.6. The summed E-state index contributed by atoms with van der Waals surface area (Å²) in [6.07, 6.45) is 70.2. The van der Waals surface area contributed by atoms with Gasteiger partial charge in [-0.2, -0.15) is 0 Å². The SMILES string of the molecule is C12C3C4C1C1C2C3C41.C1=CC2C3CCC(C3)C2C1.C1C2C3CC4C5CC3C1C5C24.C1C2CC3C1C3C2.C1C2CC3CC1CC(C2)C3.C1C2CC3CC1CC3C2.C1CC2C3C(C1)C23.C1CC2C3C1C23.C1CC2CC3CCCC3(C1)C2.C1CCC2C3CCC2C(C1)C3. The van der Waals surface area contributed by atoms with Crippen molar-refractivity contribution in [2.45, 2.75) is 263 Å². The lowest BCUT2D eigenvalue weighted by Gasteiger charge is -3.03. The van der Waals surface area contributed by atoms with Crippen molar-refractivity contribution in [3.05, 3.63) is 12.2 Å². The maximum Gasteiger partial charge on any atom is -0.0171 e. The highest BCUT2D eigenvalue weighted by Gasteiger charge is 2.97. The van der Waals surface area contributed by atoms with Crippen molar-refractivity contribution in [3.8, 4) is 0 Å². The van der Waals surface area contributed by atoms with E-state index in [0.29, 0.717) is 0 Å². The molecular formula is C90H130. The minimum Gasteiger partial charge on any atom is -0.0879 e. The van der Waals surface area contributed by atoms with Gasteiger partial charge < -0.3 is 0 Å². The van der Waals surface area contributed by atoms with Gasteiger partial charge in [-0.1, -0.05) is 57.1 Å². The molecule has 39 saturated carbocycles. The van der Waals surface area contributed by atoms with Gasteiger partial charge in [0.05, 0.1) is 0 Å². The van der Waals surface area contributed by atoms with Crippen LogP contribution in [-0.4, -0.2) is 0 Å².